The summed E-state index contributed by atoms with van der Waals surface area (Å²) in [5, 5.41) is 0. The molecule has 0 radical (unpaired) electrons. The van der Waals surface area contributed by atoms with Crippen LogP contribution in [0.25, 0.3) is 0 Å². The van der Waals surface area contributed by atoms with Crippen molar-refractivity contribution in [2.24, 2.45) is 11.8 Å². The van der Waals surface area contributed by atoms with E-state index < -0.39 is 0 Å². The predicted octanol–water partition coefficient (Wildman–Crippen LogP) is 3.68. The molecule has 154 valence electrons. The average Bonchev–Trinajstić information content (AvgIpc) is 2.77. The summed E-state index contributed by atoms with van der Waals surface area (Å²) in [4.78, 5) is 33.9. The molecule has 1 aliphatic carbocycles. The SMILES string of the molecule is CCC1CCCCN1C(=O)C1CCC(C(=O)N(C)CCc2ccncc2)CC1. The largest absolute Gasteiger partial charge is 0.345 e. The molecule has 0 bridgehead atoms. The molecule has 0 spiro atoms. The van der Waals surface area contributed by atoms with Gasteiger partial charge in [0, 0.05) is 50.4 Å². The Balaban J connectivity index is 1.46. The Morgan fingerprint density at radius 2 is 1.75 bits per heavy atom. The first kappa shape index (κ1) is 20.8. The molecule has 28 heavy (non-hydrogen) atoms. The molecule has 3 rings (SSSR count). The summed E-state index contributed by atoms with van der Waals surface area (Å²) in [7, 11) is 1.90. The van der Waals surface area contributed by atoms with E-state index in [9.17, 15) is 9.59 Å². The Labute approximate surface area is 169 Å². The Morgan fingerprint density at radius 1 is 1.07 bits per heavy atom. The van der Waals surface area contributed by atoms with E-state index in [0.29, 0.717) is 11.9 Å². The van der Waals surface area contributed by atoms with Crippen LogP contribution in [-0.2, 0) is 16.0 Å². The number of aromatic nitrogens is 1. The minimum Gasteiger partial charge on any atom is -0.345 e. The topological polar surface area (TPSA) is 53.5 Å². The zero-order chi connectivity index (χ0) is 19.9. The number of pyridine rings is 1. The van der Waals surface area contributed by atoms with Crippen molar-refractivity contribution >= 4 is 11.8 Å². The van der Waals surface area contributed by atoms with Crippen molar-refractivity contribution in [1.82, 2.24) is 14.8 Å². The molecular weight excluding hydrogens is 350 g/mol. The van der Waals surface area contributed by atoms with E-state index in [-0.39, 0.29) is 17.7 Å². The third-order valence-corrected chi connectivity index (χ3v) is 6.67. The van der Waals surface area contributed by atoms with Crippen LogP contribution in [0.5, 0.6) is 0 Å². The lowest BCUT2D eigenvalue weighted by Crippen LogP contribution is -2.47. The lowest BCUT2D eigenvalue weighted by atomic mass is 9.80. The Bertz CT molecular complexity index is 641. The van der Waals surface area contributed by atoms with Crippen molar-refractivity contribution in [2.45, 2.75) is 70.8 Å². The third kappa shape index (κ3) is 5.12. The van der Waals surface area contributed by atoms with Crippen molar-refractivity contribution in [2.75, 3.05) is 20.1 Å². The third-order valence-electron chi connectivity index (χ3n) is 6.67. The minimum absolute atomic E-state index is 0.0785. The number of likely N-dealkylation sites (N-methyl/N-ethyl adjacent to an activating group) is 1. The second-order valence-corrected chi connectivity index (χ2v) is 8.50. The van der Waals surface area contributed by atoms with Gasteiger partial charge in [0.1, 0.15) is 0 Å². The zero-order valence-corrected chi connectivity index (χ0v) is 17.5. The Hall–Kier alpha value is -1.91. The fraction of sp³-hybridized carbons (Fsp3) is 0.696. The fourth-order valence-electron chi connectivity index (χ4n) is 4.81. The van der Waals surface area contributed by atoms with E-state index in [0.717, 1.165) is 64.5 Å². The molecule has 1 saturated carbocycles. The van der Waals surface area contributed by atoms with E-state index in [4.69, 9.17) is 0 Å². The van der Waals surface area contributed by atoms with Gasteiger partial charge in [0.25, 0.3) is 0 Å². The fourth-order valence-corrected chi connectivity index (χ4v) is 4.81. The van der Waals surface area contributed by atoms with Gasteiger partial charge in [-0.1, -0.05) is 6.92 Å². The molecular formula is C23H35N3O2. The molecule has 1 saturated heterocycles. The van der Waals surface area contributed by atoms with Crippen LogP contribution in [-0.4, -0.2) is 52.8 Å². The molecule has 1 atom stereocenters. The van der Waals surface area contributed by atoms with E-state index in [1.807, 2.05) is 24.1 Å². The van der Waals surface area contributed by atoms with Crippen LogP contribution in [0.4, 0.5) is 0 Å². The summed E-state index contributed by atoms with van der Waals surface area (Å²) < 4.78 is 0. The number of hydrogen-bond acceptors (Lipinski definition) is 3. The molecule has 0 aromatic carbocycles. The molecule has 1 unspecified atom stereocenters. The molecule has 2 aliphatic rings. The standard InChI is InChI=1S/C23H35N3O2/c1-3-21-6-4-5-16-26(21)23(28)20-9-7-19(8-10-20)22(27)25(2)17-13-18-11-14-24-15-12-18/h11-12,14-15,19-21H,3-10,13,16-17H2,1-2H3. The van der Waals surface area contributed by atoms with Crippen LogP contribution in [0.15, 0.2) is 24.5 Å². The van der Waals surface area contributed by atoms with Gasteiger partial charge in [0.15, 0.2) is 0 Å². The van der Waals surface area contributed by atoms with E-state index in [1.165, 1.54) is 12.0 Å². The van der Waals surface area contributed by atoms with Crippen LogP contribution in [0.3, 0.4) is 0 Å². The van der Waals surface area contributed by atoms with Crippen LogP contribution in [0.1, 0.15) is 63.9 Å². The first-order valence-corrected chi connectivity index (χ1v) is 11.0. The summed E-state index contributed by atoms with van der Waals surface area (Å²) in [6, 6.07) is 4.43. The van der Waals surface area contributed by atoms with E-state index >= 15 is 0 Å². The molecule has 2 fully saturated rings. The van der Waals surface area contributed by atoms with Crippen molar-refractivity contribution < 1.29 is 9.59 Å². The number of piperidine rings is 1. The first-order valence-electron chi connectivity index (χ1n) is 11.0. The maximum absolute atomic E-state index is 13.0. The van der Waals surface area contributed by atoms with Crippen molar-refractivity contribution in [3.8, 4) is 0 Å². The number of carbonyl (C=O) groups is 2. The predicted molar refractivity (Wildman–Crippen MR) is 111 cm³/mol. The number of amides is 2. The van der Waals surface area contributed by atoms with Gasteiger partial charge in [0.2, 0.25) is 11.8 Å². The van der Waals surface area contributed by atoms with Gasteiger partial charge < -0.3 is 9.80 Å². The normalized spacial score (nSPS) is 25.4. The van der Waals surface area contributed by atoms with E-state index in [2.05, 4.69) is 16.8 Å². The summed E-state index contributed by atoms with van der Waals surface area (Å²) in [6.07, 6.45) is 12.4. The molecule has 1 aromatic heterocycles. The number of carbonyl (C=O) groups excluding carboxylic acids is 2. The highest BCUT2D eigenvalue weighted by molar-refractivity contribution is 5.81. The van der Waals surface area contributed by atoms with Crippen molar-refractivity contribution in [3.63, 3.8) is 0 Å². The van der Waals surface area contributed by atoms with Crippen LogP contribution in [0, 0.1) is 11.8 Å². The average molecular weight is 386 g/mol. The van der Waals surface area contributed by atoms with Gasteiger partial charge in [-0.3, -0.25) is 14.6 Å². The highest BCUT2D eigenvalue weighted by Crippen LogP contribution is 2.33. The number of likely N-dealkylation sites (tertiary alicyclic amines) is 1. The van der Waals surface area contributed by atoms with Gasteiger partial charge in [-0.15, -0.1) is 0 Å². The molecule has 2 amide bonds. The highest BCUT2D eigenvalue weighted by Gasteiger charge is 2.35. The molecule has 2 heterocycles. The smallest absolute Gasteiger partial charge is 0.225 e. The van der Waals surface area contributed by atoms with Crippen LogP contribution in [0.2, 0.25) is 0 Å². The molecule has 1 aromatic rings. The van der Waals surface area contributed by atoms with Crippen molar-refractivity contribution in [3.05, 3.63) is 30.1 Å². The van der Waals surface area contributed by atoms with Gasteiger partial charge in [-0.2, -0.15) is 0 Å². The first-order chi connectivity index (χ1) is 13.6. The Kier molecular flexibility index (Phi) is 7.46. The quantitative estimate of drug-likeness (QED) is 0.751. The highest BCUT2D eigenvalue weighted by atomic mass is 16.2. The van der Waals surface area contributed by atoms with Gasteiger partial charge >= 0.3 is 0 Å². The number of nitrogens with zero attached hydrogens (tertiary/aromatic N) is 3. The van der Waals surface area contributed by atoms with Gasteiger partial charge in [-0.05, 0) is 75.5 Å². The zero-order valence-electron chi connectivity index (χ0n) is 17.5. The maximum atomic E-state index is 13.0. The number of hydrogen-bond donors (Lipinski definition) is 0. The van der Waals surface area contributed by atoms with Gasteiger partial charge in [-0.25, -0.2) is 0 Å². The lowest BCUT2D eigenvalue weighted by molar-refractivity contribution is -0.143. The summed E-state index contributed by atoms with van der Waals surface area (Å²) >= 11 is 0. The van der Waals surface area contributed by atoms with Gasteiger partial charge in [0.05, 0.1) is 0 Å². The second-order valence-electron chi connectivity index (χ2n) is 8.50. The van der Waals surface area contributed by atoms with Crippen LogP contribution >= 0.6 is 0 Å². The molecule has 0 N–H and O–H groups in total. The summed E-state index contributed by atoms with van der Waals surface area (Å²) in [6.45, 7) is 3.84. The number of rotatable bonds is 6. The second kappa shape index (κ2) is 10.0. The molecule has 5 nitrogen and oxygen atoms in total. The maximum Gasteiger partial charge on any atom is 0.225 e. The lowest BCUT2D eigenvalue weighted by Gasteiger charge is -2.39. The molecule has 5 heteroatoms. The van der Waals surface area contributed by atoms with Crippen LogP contribution < -0.4 is 0 Å². The van der Waals surface area contributed by atoms with E-state index in [1.54, 1.807) is 12.4 Å². The Morgan fingerprint density at radius 3 is 2.43 bits per heavy atom. The summed E-state index contributed by atoms with van der Waals surface area (Å²) in [5.41, 5.74) is 1.20. The van der Waals surface area contributed by atoms with Crippen molar-refractivity contribution in [1.29, 1.82) is 0 Å². The summed E-state index contributed by atoms with van der Waals surface area (Å²) in [5.74, 6) is 0.793. The minimum atomic E-state index is 0.0785. The molecule has 1 aliphatic heterocycles. The monoisotopic (exact) mass is 385 g/mol.